The van der Waals surface area contributed by atoms with Crippen LogP contribution in [-0.4, -0.2) is 40.9 Å². The van der Waals surface area contributed by atoms with Gasteiger partial charge < -0.3 is 22.1 Å². The van der Waals surface area contributed by atoms with E-state index in [-0.39, 0.29) is 39.9 Å². The summed E-state index contributed by atoms with van der Waals surface area (Å²) >= 11 is 5.89. The van der Waals surface area contributed by atoms with Gasteiger partial charge in [0.05, 0.1) is 11.4 Å². The Kier molecular flexibility index (Phi) is 5.88. The SMILES string of the molecule is Nc1cc(Nc2nc(Cl)nc(Nc3ccc(N)c(S(=O)(=O)O)c3)n2)ccc1S(=O)(=O)O. The highest BCUT2D eigenvalue weighted by atomic mass is 35.5. The molecule has 0 bridgehead atoms. The van der Waals surface area contributed by atoms with Crippen molar-refractivity contribution in [2.45, 2.75) is 9.79 Å². The van der Waals surface area contributed by atoms with Crippen LogP contribution in [0, 0.1) is 0 Å². The van der Waals surface area contributed by atoms with E-state index >= 15 is 0 Å². The van der Waals surface area contributed by atoms with Crippen molar-refractivity contribution in [3.63, 3.8) is 0 Å². The van der Waals surface area contributed by atoms with Gasteiger partial charge in [-0.2, -0.15) is 31.8 Å². The van der Waals surface area contributed by atoms with Gasteiger partial charge in [-0.1, -0.05) is 0 Å². The minimum atomic E-state index is -4.55. The summed E-state index contributed by atoms with van der Waals surface area (Å²) in [5.41, 5.74) is 11.3. The van der Waals surface area contributed by atoms with Crippen LogP contribution < -0.4 is 22.1 Å². The molecule has 31 heavy (non-hydrogen) atoms. The summed E-state index contributed by atoms with van der Waals surface area (Å²) in [6.45, 7) is 0. The maximum atomic E-state index is 11.4. The first-order valence-electron chi connectivity index (χ1n) is 8.02. The van der Waals surface area contributed by atoms with E-state index in [0.29, 0.717) is 0 Å². The van der Waals surface area contributed by atoms with Crippen LogP contribution in [0.1, 0.15) is 0 Å². The number of aromatic nitrogens is 3. The average molecular weight is 488 g/mol. The van der Waals surface area contributed by atoms with Crippen LogP contribution in [0.25, 0.3) is 0 Å². The number of nitrogens with one attached hydrogen (secondary N) is 2. The molecule has 2 aromatic carbocycles. The van der Waals surface area contributed by atoms with Gasteiger partial charge in [0, 0.05) is 11.4 Å². The molecule has 0 aliphatic rings. The lowest BCUT2D eigenvalue weighted by atomic mass is 10.3. The molecule has 0 amide bonds. The lowest BCUT2D eigenvalue weighted by Gasteiger charge is -2.11. The molecular formula is C15H14ClN7O6S2. The predicted molar refractivity (Wildman–Crippen MR) is 113 cm³/mol. The molecule has 16 heteroatoms. The van der Waals surface area contributed by atoms with Crippen LogP contribution in [0.5, 0.6) is 0 Å². The minimum absolute atomic E-state index is 0.0630. The first-order chi connectivity index (χ1) is 14.3. The van der Waals surface area contributed by atoms with E-state index in [1.165, 1.54) is 24.3 Å². The van der Waals surface area contributed by atoms with Crippen LogP contribution >= 0.6 is 11.6 Å². The Hall–Kier alpha value is -3.24. The van der Waals surface area contributed by atoms with Crippen LogP contribution in [0.15, 0.2) is 46.2 Å². The van der Waals surface area contributed by atoms with E-state index in [0.717, 1.165) is 12.1 Å². The van der Waals surface area contributed by atoms with Gasteiger partial charge in [0.15, 0.2) is 0 Å². The van der Waals surface area contributed by atoms with Crippen molar-refractivity contribution in [2.24, 2.45) is 0 Å². The molecule has 0 atom stereocenters. The summed E-state index contributed by atoms with van der Waals surface area (Å²) in [6.07, 6.45) is 0. The second kappa shape index (κ2) is 8.12. The van der Waals surface area contributed by atoms with E-state index in [1.54, 1.807) is 0 Å². The Morgan fingerprint density at radius 1 is 0.742 bits per heavy atom. The van der Waals surface area contributed by atoms with Crippen LogP contribution in [0.2, 0.25) is 5.28 Å². The van der Waals surface area contributed by atoms with E-state index in [1.807, 2.05) is 0 Å². The smallest absolute Gasteiger partial charge is 0.296 e. The van der Waals surface area contributed by atoms with Gasteiger partial charge in [-0.25, -0.2) is 0 Å². The van der Waals surface area contributed by atoms with Crippen LogP contribution in [-0.2, 0) is 20.2 Å². The number of hydrogen-bond donors (Lipinski definition) is 6. The fourth-order valence-corrected chi connectivity index (χ4v) is 3.82. The Morgan fingerprint density at radius 3 is 1.77 bits per heavy atom. The molecule has 0 aliphatic heterocycles. The predicted octanol–water partition coefficient (Wildman–Crippen LogP) is 1.67. The topological polar surface area (TPSA) is 224 Å². The van der Waals surface area contributed by atoms with Crippen LogP contribution in [0.3, 0.4) is 0 Å². The molecule has 0 spiro atoms. The quantitative estimate of drug-likeness (QED) is 0.215. The zero-order chi connectivity index (χ0) is 23.0. The molecule has 164 valence electrons. The van der Waals surface area contributed by atoms with Gasteiger partial charge in [-0.05, 0) is 48.0 Å². The number of anilines is 6. The van der Waals surface area contributed by atoms with Crippen molar-refractivity contribution in [1.82, 2.24) is 15.0 Å². The summed E-state index contributed by atoms with van der Waals surface area (Å²) in [6, 6.07) is 7.37. The van der Waals surface area contributed by atoms with Gasteiger partial charge in [0.1, 0.15) is 9.79 Å². The van der Waals surface area contributed by atoms with Crippen molar-refractivity contribution < 1.29 is 25.9 Å². The maximum Gasteiger partial charge on any atom is 0.296 e. The van der Waals surface area contributed by atoms with Gasteiger partial charge in [0.25, 0.3) is 20.2 Å². The number of hydrogen-bond acceptors (Lipinski definition) is 11. The number of nitrogens with zero attached hydrogens (tertiary/aromatic N) is 3. The molecular weight excluding hydrogens is 474 g/mol. The molecule has 8 N–H and O–H groups in total. The summed E-state index contributed by atoms with van der Waals surface area (Å²) < 4.78 is 63.6. The lowest BCUT2D eigenvalue weighted by molar-refractivity contribution is 0.481. The Bertz CT molecular complexity index is 1380. The standard InChI is InChI=1S/C15H14ClN7O6S2/c16-13-21-14(19-7-2-4-11(10(18)5-7)30(24,25)26)23-15(22-13)20-8-1-3-9(17)12(6-8)31(27,28)29/h1-6H,17-18H2,(H,24,25,26)(H,27,28,29)(H2,19,20,21,22,23). The largest absolute Gasteiger partial charge is 0.398 e. The molecule has 0 fully saturated rings. The number of nitrogen functional groups attached to an aromatic ring is 2. The minimum Gasteiger partial charge on any atom is -0.398 e. The highest BCUT2D eigenvalue weighted by Gasteiger charge is 2.16. The van der Waals surface area contributed by atoms with E-state index in [4.69, 9.17) is 27.6 Å². The van der Waals surface area contributed by atoms with Crippen molar-refractivity contribution in [3.05, 3.63) is 41.7 Å². The van der Waals surface area contributed by atoms with E-state index in [9.17, 15) is 21.4 Å². The van der Waals surface area contributed by atoms with E-state index < -0.39 is 30.0 Å². The molecule has 0 aliphatic carbocycles. The molecule has 1 aromatic heterocycles. The fourth-order valence-electron chi connectivity index (χ4n) is 2.42. The van der Waals surface area contributed by atoms with Gasteiger partial charge in [0.2, 0.25) is 17.2 Å². The van der Waals surface area contributed by atoms with E-state index in [2.05, 4.69) is 25.6 Å². The molecule has 3 rings (SSSR count). The molecule has 3 aromatic rings. The van der Waals surface area contributed by atoms with Crippen molar-refractivity contribution in [3.8, 4) is 0 Å². The van der Waals surface area contributed by atoms with Crippen molar-refractivity contribution in [1.29, 1.82) is 0 Å². The Morgan fingerprint density at radius 2 is 1.26 bits per heavy atom. The Balaban J connectivity index is 1.89. The zero-order valence-corrected chi connectivity index (χ0v) is 17.6. The number of rotatable bonds is 6. The normalized spacial score (nSPS) is 11.8. The second-order valence-electron chi connectivity index (χ2n) is 5.96. The molecule has 13 nitrogen and oxygen atoms in total. The number of halogens is 1. The van der Waals surface area contributed by atoms with Crippen molar-refractivity contribution >= 4 is 66.5 Å². The zero-order valence-electron chi connectivity index (χ0n) is 15.2. The lowest BCUT2D eigenvalue weighted by Crippen LogP contribution is -2.07. The maximum absolute atomic E-state index is 11.4. The average Bonchev–Trinajstić information content (AvgIpc) is 2.61. The summed E-state index contributed by atoms with van der Waals surface area (Å²) in [5.74, 6) is -0.150. The monoisotopic (exact) mass is 487 g/mol. The molecule has 0 saturated heterocycles. The summed E-state index contributed by atoms with van der Waals surface area (Å²) in [4.78, 5) is 10.8. The van der Waals surface area contributed by atoms with Gasteiger partial charge in [-0.3, -0.25) is 9.11 Å². The van der Waals surface area contributed by atoms with Gasteiger partial charge in [-0.15, -0.1) is 0 Å². The first-order valence-corrected chi connectivity index (χ1v) is 11.3. The highest BCUT2D eigenvalue weighted by molar-refractivity contribution is 7.86. The highest BCUT2D eigenvalue weighted by Crippen LogP contribution is 2.26. The first kappa shape index (κ1) is 22.4. The molecule has 0 unspecified atom stereocenters. The third-order valence-corrected chi connectivity index (χ3v) is 5.71. The number of benzene rings is 2. The van der Waals surface area contributed by atoms with Crippen LogP contribution in [0.4, 0.5) is 34.6 Å². The van der Waals surface area contributed by atoms with Gasteiger partial charge >= 0.3 is 0 Å². The van der Waals surface area contributed by atoms with Crippen molar-refractivity contribution in [2.75, 3.05) is 22.1 Å². The number of nitrogens with two attached hydrogens (primary N) is 2. The third kappa shape index (κ3) is 5.47. The summed E-state index contributed by atoms with van der Waals surface area (Å²) in [7, 11) is -9.04. The third-order valence-electron chi connectivity index (χ3n) is 3.70. The second-order valence-corrected chi connectivity index (χ2v) is 9.07. The Labute approximate surface area is 181 Å². The molecule has 0 radical (unpaired) electrons. The molecule has 1 heterocycles. The molecule has 0 saturated carbocycles. The summed E-state index contributed by atoms with van der Waals surface area (Å²) in [5, 5.41) is 5.20. The fraction of sp³-hybridized carbons (Fsp3) is 0.